The van der Waals surface area contributed by atoms with Crippen molar-refractivity contribution in [1.82, 2.24) is 25.7 Å². The third-order valence-corrected chi connectivity index (χ3v) is 5.20. The highest BCUT2D eigenvalue weighted by Gasteiger charge is 2.21. The summed E-state index contributed by atoms with van der Waals surface area (Å²) < 4.78 is 5.61. The number of hydrogen-bond donors (Lipinski definition) is 3. The summed E-state index contributed by atoms with van der Waals surface area (Å²) in [6.07, 6.45) is 1.17. The molecule has 0 spiro atoms. The van der Waals surface area contributed by atoms with Gasteiger partial charge < -0.3 is 15.4 Å². The molecule has 1 fully saturated rings. The fourth-order valence-electron chi connectivity index (χ4n) is 3.81. The van der Waals surface area contributed by atoms with E-state index in [2.05, 4.69) is 50.9 Å². The molecule has 1 saturated heterocycles. The van der Waals surface area contributed by atoms with Crippen LogP contribution in [0.3, 0.4) is 0 Å². The summed E-state index contributed by atoms with van der Waals surface area (Å²) in [6.45, 7) is 7.85. The number of nitrogens with zero attached hydrogens (tertiary/aromatic N) is 2. The summed E-state index contributed by atoms with van der Waals surface area (Å²) in [7, 11) is 0. The maximum absolute atomic E-state index is 12.5. The average molecular weight is 369 g/mol. The van der Waals surface area contributed by atoms with E-state index in [4.69, 9.17) is 4.74 Å². The van der Waals surface area contributed by atoms with Gasteiger partial charge >= 0.3 is 0 Å². The molecule has 0 aliphatic carbocycles. The van der Waals surface area contributed by atoms with Gasteiger partial charge in [-0.2, -0.15) is 5.10 Å². The molecule has 7 heteroatoms. The number of H-pyrrole nitrogens is 1. The van der Waals surface area contributed by atoms with Crippen LogP contribution >= 0.6 is 0 Å². The SMILES string of the molecule is CC1CN(Cc2cccc(CNC(=O)c3n[nH]c4c3CNCC4)c2)CCO1. The van der Waals surface area contributed by atoms with Crippen molar-refractivity contribution in [2.45, 2.75) is 39.1 Å². The van der Waals surface area contributed by atoms with Gasteiger partial charge in [-0.25, -0.2) is 0 Å². The number of hydrogen-bond acceptors (Lipinski definition) is 5. The average Bonchev–Trinajstić information content (AvgIpc) is 3.11. The number of benzene rings is 1. The standard InChI is InChI=1S/C20H27N5O2/c1-14-12-25(7-8-27-14)13-16-4-2-3-15(9-16)10-22-20(26)19-17-11-21-6-5-18(17)23-24-19/h2-4,9,14,21H,5-8,10-13H2,1H3,(H,22,26)(H,23,24). The van der Waals surface area contributed by atoms with Crippen molar-refractivity contribution < 1.29 is 9.53 Å². The van der Waals surface area contributed by atoms with Gasteiger partial charge in [-0.15, -0.1) is 0 Å². The first-order chi connectivity index (χ1) is 13.2. The van der Waals surface area contributed by atoms with Crippen molar-refractivity contribution in [2.75, 3.05) is 26.2 Å². The highest BCUT2D eigenvalue weighted by molar-refractivity contribution is 5.94. The third kappa shape index (κ3) is 4.37. The number of aromatic nitrogens is 2. The van der Waals surface area contributed by atoms with Crippen molar-refractivity contribution in [3.63, 3.8) is 0 Å². The Morgan fingerprint density at radius 3 is 3.19 bits per heavy atom. The molecular weight excluding hydrogens is 342 g/mol. The van der Waals surface area contributed by atoms with Gasteiger partial charge in [0.25, 0.3) is 5.91 Å². The molecule has 1 atom stereocenters. The van der Waals surface area contributed by atoms with Crippen LogP contribution in [0, 0.1) is 0 Å². The first kappa shape index (κ1) is 18.2. The second kappa shape index (κ2) is 8.21. The van der Waals surface area contributed by atoms with Crippen LogP contribution < -0.4 is 10.6 Å². The van der Waals surface area contributed by atoms with E-state index in [1.807, 2.05) is 6.07 Å². The summed E-state index contributed by atoms with van der Waals surface area (Å²) in [5.41, 5.74) is 4.94. The molecule has 7 nitrogen and oxygen atoms in total. The quantitative estimate of drug-likeness (QED) is 0.738. The molecule has 0 bridgehead atoms. The second-order valence-electron chi connectivity index (χ2n) is 7.38. The summed E-state index contributed by atoms with van der Waals surface area (Å²) in [4.78, 5) is 15.0. The molecule has 27 heavy (non-hydrogen) atoms. The Morgan fingerprint density at radius 1 is 1.41 bits per heavy atom. The predicted octanol–water partition coefficient (Wildman–Crippen LogP) is 1.21. The third-order valence-electron chi connectivity index (χ3n) is 5.20. The number of nitrogens with one attached hydrogen (secondary N) is 3. The minimum atomic E-state index is -0.122. The van der Waals surface area contributed by atoms with Crippen molar-refractivity contribution in [2.24, 2.45) is 0 Å². The topological polar surface area (TPSA) is 82.3 Å². The molecule has 2 aliphatic heterocycles. The molecule has 0 saturated carbocycles. The number of rotatable bonds is 5. The van der Waals surface area contributed by atoms with Crippen LogP contribution in [-0.4, -0.2) is 53.3 Å². The minimum absolute atomic E-state index is 0.122. The Bertz CT molecular complexity index is 803. The van der Waals surface area contributed by atoms with Crippen LogP contribution in [0.1, 0.15) is 39.8 Å². The van der Waals surface area contributed by atoms with Gasteiger partial charge in [0, 0.05) is 56.9 Å². The lowest BCUT2D eigenvalue weighted by atomic mass is 10.1. The van der Waals surface area contributed by atoms with Crippen LogP contribution in [-0.2, 0) is 30.8 Å². The lowest BCUT2D eigenvalue weighted by molar-refractivity contribution is -0.0212. The smallest absolute Gasteiger partial charge is 0.272 e. The first-order valence-corrected chi connectivity index (χ1v) is 9.66. The van der Waals surface area contributed by atoms with E-state index in [1.54, 1.807) is 0 Å². The normalized spacial score (nSPS) is 20.3. The van der Waals surface area contributed by atoms with Crippen LogP contribution in [0.25, 0.3) is 0 Å². The molecule has 3 N–H and O–H groups in total. The molecule has 1 aromatic heterocycles. The molecule has 2 aromatic rings. The number of carbonyl (C=O) groups excluding carboxylic acids is 1. The molecule has 3 heterocycles. The lowest BCUT2D eigenvalue weighted by Crippen LogP contribution is -2.40. The van der Waals surface area contributed by atoms with E-state index in [1.165, 1.54) is 5.56 Å². The largest absolute Gasteiger partial charge is 0.376 e. The Balaban J connectivity index is 1.36. The summed E-state index contributed by atoms with van der Waals surface area (Å²) >= 11 is 0. The highest BCUT2D eigenvalue weighted by Crippen LogP contribution is 2.16. The van der Waals surface area contributed by atoms with Crippen molar-refractivity contribution >= 4 is 5.91 Å². The van der Waals surface area contributed by atoms with Gasteiger partial charge in [-0.3, -0.25) is 14.8 Å². The summed E-state index contributed by atoms with van der Waals surface area (Å²) in [5.74, 6) is -0.122. The van der Waals surface area contributed by atoms with Crippen molar-refractivity contribution in [1.29, 1.82) is 0 Å². The molecule has 1 unspecified atom stereocenters. The van der Waals surface area contributed by atoms with E-state index in [9.17, 15) is 4.79 Å². The Morgan fingerprint density at radius 2 is 2.30 bits per heavy atom. The van der Waals surface area contributed by atoms with E-state index in [0.29, 0.717) is 18.8 Å². The van der Waals surface area contributed by atoms with Gasteiger partial charge in [-0.05, 0) is 18.1 Å². The maximum Gasteiger partial charge on any atom is 0.272 e. The summed E-state index contributed by atoms with van der Waals surface area (Å²) in [5, 5.41) is 13.5. The summed E-state index contributed by atoms with van der Waals surface area (Å²) in [6, 6.07) is 8.41. The number of ether oxygens (including phenoxy) is 1. The fourth-order valence-corrected chi connectivity index (χ4v) is 3.81. The van der Waals surface area contributed by atoms with E-state index >= 15 is 0 Å². The predicted molar refractivity (Wildman–Crippen MR) is 102 cm³/mol. The second-order valence-corrected chi connectivity index (χ2v) is 7.38. The molecular formula is C20H27N5O2. The molecule has 1 amide bonds. The lowest BCUT2D eigenvalue weighted by Gasteiger charge is -2.31. The van der Waals surface area contributed by atoms with Gasteiger partial charge in [0.1, 0.15) is 0 Å². The van der Waals surface area contributed by atoms with Crippen LogP contribution in [0.2, 0.25) is 0 Å². The van der Waals surface area contributed by atoms with Crippen LogP contribution in [0.4, 0.5) is 0 Å². The van der Waals surface area contributed by atoms with E-state index < -0.39 is 0 Å². The monoisotopic (exact) mass is 369 g/mol. The number of morpholine rings is 1. The van der Waals surface area contributed by atoms with Crippen molar-refractivity contribution in [3.8, 4) is 0 Å². The van der Waals surface area contributed by atoms with E-state index in [0.717, 1.165) is 56.0 Å². The van der Waals surface area contributed by atoms with Gasteiger partial charge in [0.2, 0.25) is 0 Å². The molecule has 4 rings (SSSR count). The number of aromatic amines is 1. The Kier molecular flexibility index (Phi) is 5.52. The Labute approximate surface area is 159 Å². The van der Waals surface area contributed by atoms with Gasteiger partial charge in [-0.1, -0.05) is 24.3 Å². The Hall–Kier alpha value is -2.22. The molecule has 1 aromatic carbocycles. The molecule has 144 valence electrons. The number of fused-ring (bicyclic) bond motifs is 1. The maximum atomic E-state index is 12.5. The van der Waals surface area contributed by atoms with E-state index in [-0.39, 0.29) is 12.0 Å². The zero-order valence-corrected chi connectivity index (χ0v) is 15.8. The fraction of sp³-hybridized carbons (Fsp3) is 0.500. The molecule has 2 aliphatic rings. The van der Waals surface area contributed by atoms with Gasteiger partial charge in [0.15, 0.2) is 5.69 Å². The zero-order valence-electron chi connectivity index (χ0n) is 15.8. The van der Waals surface area contributed by atoms with Crippen LogP contribution in [0.5, 0.6) is 0 Å². The number of carbonyl (C=O) groups is 1. The minimum Gasteiger partial charge on any atom is -0.376 e. The zero-order chi connectivity index (χ0) is 18.6. The van der Waals surface area contributed by atoms with Crippen molar-refractivity contribution in [3.05, 3.63) is 52.3 Å². The van der Waals surface area contributed by atoms with Crippen LogP contribution in [0.15, 0.2) is 24.3 Å². The molecule has 0 radical (unpaired) electrons. The highest BCUT2D eigenvalue weighted by atomic mass is 16.5. The number of amides is 1. The van der Waals surface area contributed by atoms with Gasteiger partial charge in [0.05, 0.1) is 12.7 Å². The first-order valence-electron chi connectivity index (χ1n) is 9.66.